The zero-order valence-electron chi connectivity index (χ0n) is 22.7. The number of amides is 1. The van der Waals surface area contributed by atoms with Crippen molar-refractivity contribution in [2.45, 2.75) is 38.1 Å². The highest BCUT2D eigenvalue weighted by molar-refractivity contribution is 6.31. The van der Waals surface area contributed by atoms with Crippen molar-refractivity contribution in [2.24, 2.45) is 5.73 Å². The second-order valence-corrected chi connectivity index (χ2v) is 10.3. The number of halogens is 5. The van der Waals surface area contributed by atoms with E-state index in [0.29, 0.717) is 5.56 Å². The Morgan fingerprint density at radius 2 is 1.80 bits per heavy atom. The molecule has 41 heavy (non-hydrogen) atoms. The number of alkyl halides is 3. The SMILES string of the molecule is COc1cc(C(=O)NCC(O)(c2cc(C(C)(C)N)c(C)c(-c3ccc(F)c(Cl)c3)n2)C(F)(F)F)ccc1OCCO. The minimum Gasteiger partial charge on any atom is -0.493 e. The van der Waals surface area contributed by atoms with E-state index in [1.165, 1.54) is 37.4 Å². The third-order valence-electron chi connectivity index (χ3n) is 6.33. The smallest absolute Gasteiger partial charge is 0.424 e. The van der Waals surface area contributed by atoms with Crippen LogP contribution < -0.4 is 20.5 Å². The summed E-state index contributed by atoms with van der Waals surface area (Å²) in [5, 5.41) is 21.9. The van der Waals surface area contributed by atoms with E-state index < -0.39 is 41.3 Å². The zero-order valence-corrected chi connectivity index (χ0v) is 23.5. The number of pyridine rings is 1. The number of nitrogens with two attached hydrogens (primary N) is 1. The van der Waals surface area contributed by atoms with E-state index in [2.05, 4.69) is 10.3 Å². The standard InChI is InChI=1S/C28H30ClF4N3O5/c1-15-18(26(2,3)34)13-23(36-24(15)16-5-7-20(30)19(29)11-16)27(39,28(31,32)33)14-35-25(38)17-6-8-21(41-10-9-37)22(12-17)40-4/h5-8,11-13,37,39H,9-10,14,34H2,1-4H3,(H,35,38). The van der Waals surface area contributed by atoms with Crippen LogP contribution in [0.15, 0.2) is 42.5 Å². The monoisotopic (exact) mass is 599 g/mol. The fourth-order valence-electron chi connectivity index (χ4n) is 4.14. The number of nitrogens with one attached hydrogen (secondary N) is 1. The molecule has 1 amide bonds. The van der Waals surface area contributed by atoms with Crippen molar-refractivity contribution in [3.05, 3.63) is 75.7 Å². The zero-order chi connectivity index (χ0) is 30.8. The highest BCUT2D eigenvalue weighted by Gasteiger charge is 2.56. The largest absolute Gasteiger partial charge is 0.493 e. The lowest BCUT2D eigenvalue weighted by Gasteiger charge is -2.33. The quantitative estimate of drug-likeness (QED) is 0.251. The van der Waals surface area contributed by atoms with Crippen molar-refractivity contribution in [2.75, 3.05) is 26.9 Å². The molecule has 3 rings (SSSR count). The molecule has 1 unspecified atom stereocenters. The van der Waals surface area contributed by atoms with Crippen LogP contribution in [-0.4, -0.2) is 54.1 Å². The minimum absolute atomic E-state index is 0.00451. The van der Waals surface area contributed by atoms with Gasteiger partial charge in [-0.25, -0.2) is 9.37 Å². The van der Waals surface area contributed by atoms with E-state index >= 15 is 0 Å². The van der Waals surface area contributed by atoms with Gasteiger partial charge in [-0.1, -0.05) is 11.6 Å². The number of carbonyl (C=O) groups is 1. The van der Waals surface area contributed by atoms with Crippen molar-refractivity contribution >= 4 is 17.5 Å². The third kappa shape index (κ3) is 6.89. The average Bonchev–Trinajstić information content (AvgIpc) is 2.90. The Balaban J connectivity index is 2.07. The van der Waals surface area contributed by atoms with Gasteiger partial charge in [0.2, 0.25) is 5.60 Å². The number of aliphatic hydroxyl groups excluding tert-OH is 1. The Bertz CT molecular complexity index is 1430. The molecule has 0 saturated heterocycles. The van der Waals surface area contributed by atoms with Gasteiger partial charge >= 0.3 is 6.18 Å². The van der Waals surface area contributed by atoms with Gasteiger partial charge in [0.15, 0.2) is 11.5 Å². The molecule has 5 N–H and O–H groups in total. The summed E-state index contributed by atoms with van der Waals surface area (Å²) in [6.45, 7) is 3.10. The molecule has 1 atom stereocenters. The molecule has 0 radical (unpaired) electrons. The molecule has 0 aliphatic heterocycles. The number of hydrogen-bond donors (Lipinski definition) is 4. The Morgan fingerprint density at radius 3 is 2.37 bits per heavy atom. The van der Waals surface area contributed by atoms with E-state index in [1.54, 1.807) is 20.8 Å². The van der Waals surface area contributed by atoms with Gasteiger partial charge in [-0.3, -0.25) is 4.79 Å². The highest BCUT2D eigenvalue weighted by Crippen LogP contribution is 2.41. The second-order valence-electron chi connectivity index (χ2n) is 9.86. The van der Waals surface area contributed by atoms with Crippen molar-refractivity contribution in [3.63, 3.8) is 0 Å². The maximum atomic E-state index is 14.5. The van der Waals surface area contributed by atoms with Gasteiger partial charge in [0.25, 0.3) is 5.91 Å². The van der Waals surface area contributed by atoms with Gasteiger partial charge < -0.3 is 30.7 Å². The van der Waals surface area contributed by atoms with Crippen LogP contribution in [-0.2, 0) is 11.1 Å². The van der Waals surface area contributed by atoms with Gasteiger partial charge in [0, 0.05) is 16.7 Å². The predicted octanol–water partition coefficient (Wildman–Crippen LogP) is 4.60. The van der Waals surface area contributed by atoms with E-state index in [4.69, 9.17) is 31.9 Å². The fourth-order valence-corrected chi connectivity index (χ4v) is 4.33. The number of benzene rings is 2. The summed E-state index contributed by atoms with van der Waals surface area (Å²) in [5.41, 5.74) is 1.36. The molecule has 0 spiro atoms. The first-order chi connectivity index (χ1) is 19.0. The maximum Gasteiger partial charge on any atom is 0.424 e. The van der Waals surface area contributed by atoms with Gasteiger partial charge in [-0.2, -0.15) is 13.2 Å². The maximum absolute atomic E-state index is 14.5. The molecule has 3 aromatic rings. The summed E-state index contributed by atoms with van der Waals surface area (Å²) < 4.78 is 67.8. The van der Waals surface area contributed by atoms with E-state index in [0.717, 1.165) is 12.1 Å². The molecule has 1 heterocycles. The van der Waals surface area contributed by atoms with Gasteiger partial charge in [-0.05, 0) is 74.4 Å². The molecular weight excluding hydrogens is 570 g/mol. The average molecular weight is 600 g/mol. The van der Waals surface area contributed by atoms with Crippen LogP contribution in [0.4, 0.5) is 17.6 Å². The molecule has 0 fully saturated rings. The van der Waals surface area contributed by atoms with Crippen molar-refractivity contribution in [3.8, 4) is 22.8 Å². The molecule has 8 nitrogen and oxygen atoms in total. The number of aliphatic hydroxyl groups is 2. The topological polar surface area (TPSA) is 127 Å². The van der Waals surface area contributed by atoms with Crippen LogP contribution in [0.25, 0.3) is 11.3 Å². The molecular formula is C28H30ClF4N3O5. The number of carbonyl (C=O) groups excluding carboxylic acids is 1. The molecule has 0 saturated carbocycles. The Kier molecular flexibility index (Phi) is 9.54. The van der Waals surface area contributed by atoms with Crippen LogP contribution in [0.5, 0.6) is 11.5 Å². The van der Waals surface area contributed by atoms with Crippen molar-refractivity contribution in [1.29, 1.82) is 0 Å². The first-order valence-corrected chi connectivity index (χ1v) is 12.7. The molecule has 2 aromatic carbocycles. The van der Waals surface area contributed by atoms with E-state index in [9.17, 15) is 27.5 Å². The van der Waals surface area contributed by atoms with Crippen molar-refractivity contribution in [1.82, 2.24) is 10.3 Å². The van der Waals surface area contributed by atoms with Crippen LogP contribution in [0, 0.1) is 12.7 Å². The van der Waals surface area contributed by atoms with Gasteiger partial charge in [-0.15, -0.1) is 0 Å². The highest BCUT2D eigenvalue weighted by atomic mass is 35.5. The Labute approximate surface area is 239 Å². The lowest BCUT2D eigenvalue weighted by atomic mass is 9.86. The summed E-state index contributed by atoms with van der Waals surface area (Å²) in [4.78, 5) is 17.0. The van der Waals surface area contributed by atoms with Crippen LogP contribution in [0.2, 0.25) is 5.02 Å². The van der Waals surface area contributed by atoms with E-state index in [1.807, 2.05) is 0 Å². The number of ether oxygens (including phenoxy) is 2. The molecule has 222 valence electrons. The van der Waals surface area contributed by atoms with Crippen LogP contribution in [0.3, 0.4) is 0 Å². The molecule has 0 aliphatic rings. The third-order valence-corrected chi connectivity index (χ3v) is 6.62. The summed E-state index contributed by atoms with van der Waals surface area (Å²) in [6.07, 6.45) is -5.30. The summed E-state index contributed by atoms with van der Waals surface area (Å²) in [6, 6.07) is 8.47. The summed E-state index contributed by atoms with van der Waals surface area (Å²) in [7, 11) is 1.30. The fraction of sp³-hybridized carbons (Fsp3) is 0.357. The lowest BCUT2D eigenvalue weighted by molar-refractivity contribution is -0.265. The number of aromatic nitrogens is 1. The molecule has 0 bridgehead atoms. The van der Waals surface area contributed by atoms with Crippen molar-refractivity contribution < 1.29 is 42.0 Å². The second kappa shape index (κ2) is 12.2. The molecule has 13 heteroatoms. The molecule has 0 aliphatic carbocycles. The minimum atomic E-state index is -5.30. The Hall–Kier alpha value is -3.45. The van der Waals surface area contributed by atoms with Crippen LogP contribution >= 0.6 is 11.6 Å². The number of methoxy groups -OCH3 is 1. The first kappa shape index (κ1) is 32.1. The number of hydrogen-bond acceptors (Lipinski definition) is 7. The Morgan fingerprint density at radius 1 is 1.12 bits per heavy atom. The number of rotatable bonds is 10. The van der Waals surface area contributed by atoms with Gasteiger partial charge in [0.05, 0.1) is 36.7 Å². The predicted molar refractivity (Wildman–Crippen MR) is 144 cm³/mol. The summed E-state index contributed by atoms with van der Waals surface area (Å²) in [5.74, 6) is -1.37. The van der Waals surface area contributed by atoms with E-state index in [-0.39, 0.29) is 52.1 Å². The first-order valence-electron chi connectivity index (χ1n) is 12.3. The lowest BCUT2D eigenvalue weighted by Crippen LogP contribution is -2.52. The summed E-state index contributed by atoms with van der Waals surface area (Å²) >= 11 is 5.91. The van der Waals surface area contributed by atoms with Crippen LogP contribution in [0.1, 0.15) is 41.0 Å². The number of nitrogens with zero attached hydrogens (tertiary/aromatic N) is 1. The van der Waals surface area contributed by atoms with Gasteiger partial charge in [0.1, 0.15) is 12.4 Å². The molecule has 1 aromatic heterocycles. The normalized spacial score (nSPS) is 13.5.